The number of aryl methyl sites for hydroxylation is 1. The Labute approximate surface area is 168 Å². The van der Waals surface area contributed by atoms with Crippen LogP contribution in [0.25, 0.3) is 10.9 Å². The predicted molar refractivity (Wildman–Crippen MR) is 110 cm³/mol. The van der Waals surface area contributed by atoms with E-state index in [-0.39, 0.29) is 16.8 Å². The number of nitrogen functional groups attached to an aromatic ring is 1. The van der Waals surface area contributed by atoms with Crippen molar-refractivity contribution in [1.82, 2.24) is 12.8 Å². The molecule has 3 aliphatic rings. The highest BCUT2D eigenvalue weighted by molar-refractivity contribution is 14.1. The van der Waals surface area contributed by atoms with Crippen LogP contribution < -0.4 is 25.5 Å². The first-order chi connectivity index (χ1) is 12.9. The minimum Gasteiger partial charge on any atom is -0.368 e. The molecule has 3 N–H and O–H groups in total. The number of nitrogens with two attached hydrogens (primary N) is 1. The molecular weight excluding hydrogens is 464 g/mol. The molecule has 1 aromatic heterocycles. The smallest absolute Gasteiger partial charge is 0.350 e. The first-order valence-corrected chi connectivity index (χ1v) is 10.3. The van der Waals surface area contributed by atoms with Crippen LogP contribution in [0.15, 0.2) is 15.7 Å². The third kappa shape index (κ3) is 2.40. The third-order valence-corrected chi connectivity index (χ3v) is 6.90. The fraction of sp³-hybridized carbons (Fsp3) is 0.556. The second kappa shape index (κ2) is 5.69. The van der Waals surface area contributed by atoms with Gasteiger partial charge in [-0.3, -0.25) is 12.9 Å². The Morgan fingerprint density at radius 2 is 2.15 bits per heavy atom. The van der Waals surface area contributed by atoms with Crippen molar-refractivity contribution in [3.8, 4) is 0 Å². The lowest BCUT2D eigenvalue weighted by molar-refractivity contribution is 0.529. The zero-order valence-electron chi connectivity index (χ0n) is 15.0. The van der Waals surface area contributed by atoms with Gasteiger partial charge in [-0.25, -0.2) is 9.18 Å². The molecule has 1 saturated heterocycles. The summed E-state index contributed by atoms with van der Waals surface area (Å²) in [6, 6.07) is 1.29. The fourth-order valence-corrected chi connectivity index (χ4v) is 5.65. The quantitative estimate of drug-likeness (QED) is 0.389. The SMILES string of the molecule is Cc1c(N2CC3CC3(CNI)C2)c(F)cc2c(=O)n(N)c(=O)n(C3CC3)c12. The highest BCUT2D eigenvalue weighted by atomic mass is 127. The van der Waals surface area contributed by atoms with Gasteiger partial charge in [-0.2, -0.15) is 4.68 Å². The number of piperidine rings is 1. The number of nitrogens with one attached hydrogen (secondary N) is 1. The summed E-state index contributed by atoms with van der Waals surface area (Å²) in [6.07, 6.45) is 2.91. The summed E-state index contributed by atoms with van der Waals surface area (Å²) >= 11 is 2.16. The van der Waals surface area contributed by atoms with Crippen molar-refractivity contribution in [2.45, 2.75) is 32.2 Å². The largest absolute Gasteiger partial charge is 0.368 e. The molecule has 2 saturated carbocycles. The molecule has 144 valence electrons. The number of fused-ring (bicyclic) bond motifs is 2. The van der Waals surface area contributed by atoms with Crippen LogP contribution in [0.5, 0.6) is 0 Å². The summed E-state index contributed by atoms with van der Waals surface area (Å²) in [7, 11) is 0. The zero-order chi connectivity index (χ0) is 19.1. The van der Waals surface area contributed by atoms with E-state index in [0.29, 0.717) is 27.4 Å². The Balaban J connectivity index is 1.71. The molecule has 7 nitrogen and oxygen atoms in total. The van der Waals surface area contributed by atoms with Crippen molar-refractivity contribution >= 4 is 39.5 Å². The average Bonchev–Trinajstić information content (AvgIpc) is 3.53. The monoisotopic (exact) mass is 485 g/mol. The van der Waals surface area contributed by atoms with E-state index in [0.717, 1.165) is 32.5 Å². The maximum atomic E-state index is 15.1. The van der Waals surface area contributed by atoms with Crippen molar-refractivity contribution in [2.75, 3.05) is 30.4 Å². The molecule has 1 aliphatic heterocycles. The van der Waals surface area contributed by atoms with Crippen LogP contribution in [0.2, 0.25) is 0 Å². The van der Waals surface area contributed by atoms with E-state index < -0.39 is 17.1 Å². The zero-order valence-corrected chi connectivity index (χ0v) is 17.1. The molecule has 3 fully saturated rings. The maximum absolute atomic E-state index is 15.1. The highest BCUT2D eigenvalue weighted by Gasteiger charge is 2.59. The van der Waals surface area contributed by atoms with Crippen LogP contribution in [0, 0.1) is 24.1 Å². The van der Waals surface area contributed by atoms with Crippen molar-refractivity contribution in [3.63, 3.8) is 0 Å². The Morgan fingerprint density at radius 3 is 2.81 bits per heavy atom. The standard InChI is InChI=1S/C18H21FIN5O2/c1-9-14-12(16(26)25(21)17(27)24(14)11-2-3-11)4-13(19)15(9)23-6-10-5-18(10,8-23)7-22-20/h4,10-11,22H,2-3,5-8,21H2,1H3. The molecule has 9 heteroatoms. The number of aromatic nitrogens is 2. The van der Waals surface area contributed by atoms with Gasteiger partial charge < -0.3 is 10.7 Å². The molecule has 2 aliphatic carbocycles. The van der Waals surface area contributed by atoms with Crippen molar-refractivity contribution < 1.29 is 4.39 Å². The van der Waals surface area contributed by atoms with Crippen LogP contribution in [-0.4, -0.2) is 28.9 Å². The molecule has 2 atom stereocenters. The van der Waals surface area contributed by atoms with Gasteiger partial charge >= 0.3 is 5.69 Å². The fourth-order valence-electron chi connectivity index (χ4n) is 4.89. The summed E-state index contributed by atoms with van der Waals surface area (Å²) in [5.74, 6) is 5.83. The van der Waals surface area contributed by atoms with Gasteiger partial charge in [-0.15, -0.1) is 0 Å². The molecular formula is C18H21FIN5O2. The van der Waals surface area contributed by atoms with Crippen LogP contribution in [0.1, 0.15) is 30.9 Å². The van der Waals surface area contributed by atoms with Gasteiger partial charge in [0.15, 0.2) is 0 Å². The molecule has 0 amide bonds. The van der Waals surface area contributed by atoms with Gasteiger partial charge in [0, 0.05) is 59.5 Å². The third-order valence-electron chi connectivity index (χ3n) is 6.52. The van der Waals surface area contributed by atoms with Crippen LogP contribution >= 0.6 is 22.9 Å². The Hall–Kier alpha value is -1.62. The molecule has 2 unspecified atom stereocenters. The molecule has 1 aromatic carbocycles. The minimum absolute atomic E-state index is 0.0361. The van der Waals surface area contributed by atoms with Gasteiger partial charge in [0.1, 0.15) is 5.82 Å². The minimum atomic E-state index is -0.643. The average molecular weight is 485 g/mol. The number of hydrogen-bond acceptors (Lipinski definition) is 5. The molecule has 2 heterocycles. The normalized spacial score (nSPS) is 26.6. The number of anilines is 1. The molecule has 0 radical (unpaired) electrons. The lowest BCUT2D eigenvalue weighted by atomic mass is 10.1. The number of hydrogen-bond donors (Lipinski definition) is 2. The molecule has 0 bridgehead atoms. The van der Waals surface area contributed by atoms with Gasteiger partial charge in [0.05, 0.1) is 16.6 Å². The number of rotatable bonds is 4. The van der Waals surface area contributed by atoms with E-state index >= 15 is 4.39 Å². The van der Waals surface area contributed by atoms with Crippen molar-refractivity contribution in [2.24, 2.45) is 11.3 Å². The van der Waals surface area contributed by atoms with E-state index in [1.165, 1.54) is 12.5 Å². The van der Waals surface area contributed by atoms with E-state index in [2.05, 4.69) is 31.3 Å². The Morgan fingerprint density at radius 1 is 1.41 bits per heavy atom. The first kappa shape index (κ1) is 17.5. The molecule has 5 rings (SSSR count). The number of nitrogens with zero attached hydrogens (tertiary/aromatic N) is 3. The summed E-state index contributed by atoms with van der Waals surface area (Å²) in [6.45, 7) is 4.32. The van der Waals surface area contributed by atoms with Crippen LogP contribution in [0.3, 0.4) is 0 Å². The predicted octanol–water partition coefficient (Wildman–Crippen LogP) is 1.43. The van der Waals surface area contributed by atoms with E-state index in [1.807, 2.05) is 6.92 Å². The second-order valence-corrected chi connectivity index (χ2v) is 9.00. The Bertz CT molecular complexity index is 1090. The van der Waals surface area contributed by atoms with Gasteiger partial charge in [0.2, 0.25) is 0 Å². The van der Waals surface area contributed by atoms with E-state index in [9.17, 15) is 9.59 Å². The number of benzene rings is 1. The number of halogens is 2. The van der Waals surface area contributed by atoms with E-state index in [1.54, 1.807) is 4.57 Å². The van der Waals surface area contributed by atoms with Gasteiger partial charge in [-0.05, 0) is 38.2 Å². The molecule has 2 aromatic rings. The van der Waals surface area contributed by atoms with Gasteiger partial charge in [-0.1, -0.05) is 0 Å². The molecule has 0 spiro atoms. The lowest BCUT2D eigenvalue weighted by Crippen LogP contribution is -2.44. The molecule has 27 heavy (non-hydrogen) atoms. The van der Waals surface area contributed by atoms with Gasteiger partial charge in [0.25, 0.3) is 5.56 Å². The maximum Gasteiger partial charge on any atom is 0.350 e. The topological polar surface area (TPSA) is 85.3 Å². The van der Waals surface area contributed by atoms with Crippen LogP contribution in [0.4, 0.5) is 10.1 Å². The lowest BCUT2D eigenvalue weighted by Gasteiger charge is -2.26. The van der Waals surface area contributed by atoms with Crippen molar-refractivity contribution in [3.05, 3.63) is 38.3 Å². The summed E-state index contributed by atoms with van der Waals surface area (Å²) < 4.78 is 20.5. The highest BCUT2D eigenvalue weighted by Crippen LogP contribution is 2.58. The van der Waals surface area contributed by atoms with E-state index in [4.69, 9.17) is 5.84 Å². The second-order valence-electron chi connectivity index (χ2n) is 8.24. The van der Waals surface area contributed by atoms with Crippen molar-refractivity contribution in [1.29, 1.82) is 0 Å². The summed E-state index contributed by atoms with van der Waals surface area (Å²) in [4.78, 5) is 27.2. The first-order valence-electron chi connectivity index (χ1n) is 9.22. The Kier molecular flexibility index (Phi) is 3.69. The summed E-state index contributed by atoms with van der Waals surface area (Å²) in [5.41, 5.74) is 0.760. The summed E-state index contributed by atoms with van der Waals surface area (Å²) in [5, 5.41) is 0.177. The van der Waals surface area contributed by atoms with Crippen LogP contribution in [-0.2, 0) is 0 Å².